The van der Waals surface area contributed by atoms with Crippen LogP contribution in [0.5, 0.6) is 0 Å². The van der Waals surface area contributed by atoms with Crippen molar-refractivity contribution in [3.8, 4) is 0 Å². The lowest BCUT2D eigenvalue weighted by Gasteiger charge is -2.30. The van der Waals surface area contributed by atoms with E-state index in [4.69, 9.17) is 4.43 Å². The molecule has 1 rings (SSSR count). The van der Waals surface area contributed by atoms with Crippen molar-refractivity contribution in [1.82, 2.24) is 0 Å². The zero-order chi connectivity index (χ0) is 12.9. The number of benzene rings is 1. The van der Waals surface area contributed by atoms with E-state index < -0.39 is 9.04 Å². The summed E-state index contributed by atoms with van der Waals surface area (Å²) in [6, 6.07) is 12.0. The molecule has 2 heteroatoms. The Labute approximate surface area is 108 Å². The molecule has 0 fully saturated rings. The number of hydrogen-bond donors (Lipinski definition) is 0. The highest BCUT2D eigenvalue weighted by Gasteiger charge is 2.28. The van der Waals surface area contributed by atoms with Crippen LogP contribution in [-0.4, -0.2) is 15.1 Å². The van der Waals surface area contributed by atoms with Crippen LogP contribution in [-0.2, 0) is 10.8 Å². The monoisotopic (exact) mass is 250 g/mol. The molecule has 0 N–H and O–H groups in total. The summed E-state index contributed by atoms with van der Waals surface area (Å²) in [7, 11) is -1.15. The van der Waals surface area contributed by atoms with E-state index in [9.17, 15) is 0 Å². The maximum Gasteiger partial charge on any atom is 0.182 e. The summed E-state index contributed by atoms with van der Waals surface area (Å²) in [6.07, 6.45) is 1.52. The minimum absolute atomic E-state index is 0.346. The topological polar surface area (TPSA) is 9.23 Å². The van der Waals surface area contributed by atoms with E-state index in [1.807, 2.05) is 0 Å². The van der Waals surface area contributed by atoms with Crippen LogP contribution in [0.25, 0.3) is 0 Å². The molecular formula is C15H26OSi. The molecule has 0 aliphatic rings. The summed E-state index contributed by atoms with van der Waals surface area (Å²) >= 11 is 0. The molecule has 0 amide bonds. The van der Waals surface area contributed by atoms with Crippen LogP contribution in [0.2, 0.25) is 11.1 Å². The average molecular weight is 250 g/mol. The van der Waals surface area contributed by atoms with E-state index in [1.54, 1.807) is 0 Å². The Kier molecular flexibility index (Phi) is 5.41. The predicted octanol–water partition coefficient (Wildman–Crippen LogP) is 4.18. The Bertz CT molecular complexity index is 313. The van der Waals surface area contributed by atoms with Crippen molar-refractivity contribution in [3.05, 3.63) is 35.9 Å². The van der Waals surface area contributed by atoms with Gasteiger partial charge in [0.25, 0.3) is 0 Å². The summed E-state index contributed by atoms with van der Waals surface area (Å²) in [5, 5.41) is 0.346. The molecule has 96 valence electrons. The molecular weight excluding hydrogens is 224 g/mol. The Morgan fingerprint density at radius 3 is 2.18 bits per heavy atom. The van der Waals surface area contributed by atoms with E-state index in [2.05, 4.69) is 65.0 Å². The van der Waals surface area contributed by atoms with Gasteiger partial charge in [-0.1, -0.05) is 51.1 Å². The van der Waals surface area contributed by atoms with Gasteiger partial charge >= 0.3 is 0 Å². The fourth-order valence-electron chi connectivity index (χ4n) is 1.98. The van der Waals surface area contributed by atoms with E-state index in [-0.39, 0.29) is 0 Å². The summed E-state index contributed by atoms with van der Waals surface area (Å²) in [5.74, 6) is 0. The van der Waals surface area contributed by atoms with Gasteiger partial charge in [0.2, 0.25) is 0 Å². The second-order valence-corrected chi connectivity index (χ2v) is 9.62. The first-order chi connectivity index (χ1) is 7.89. The third kappa shape index (κ3) is 5.51. The van der Waals surface area contributed by atoms with Crippen molar-refractivity contribution >= 4 is 9.04 Å². The summed E-state index contributed by atoms with van der Waals surface area (Å²) in [5.41, 5.74) is 1.43. The minimum Gasteiger partial charge on any atom is -0.417 e. The Balaban J connectivity index is 2.56. The van der Waals surface area contributed by atoms with Crippen molar-refractivity contribution < 1.29 is 4.43 Å². The van der Waals surface area contributed by atoms with Crippen molar-refractivity contribution in [1.29, 1.82) is 0 Å². The number of hydrogen-bond acceptors (Lipinski definition) is 1. The zero-order valence-electron chi connectivity index (χ0n) is 11.9. The molecule has 1 nitrogen and oxygen atoms in total. The lowest BCUT2D eigenvalue weighted by molar-refractivity contribution is 0.229. The van der Waals surface area contributed by atoms with Gasteiger partial charge in [-0.05, 0) is 36.9 Å². The smallest absolute Gasteiger partial charge is 0.182 e. The first-order valence-electron chi connectivity index (χ1n) is 6.59. The quantitative estimate of drug-likeness (QED) is 0.712. The summed E-state index contributed by atoms with van der Waals surface area (Å²) in [6.45, 7) is 11.2. The average Bonchev–Trinajstić information content (AvgIpc) is 2.23. The van der Waals surface area contributed by atoms with Gasteiger partial charge in [0.1, 0.15) is 0 Å². The standard InChI is InChI=1S/C15H26OSi/c1-13(2)16-17(15(3,4)5)12-11-14-9-7-6-8-10-14/h6-10,13,17H,11-12H2,1-5H3. The molecule has 0 saturated carbocycles. The fraction of sp³-hybridized carbons (Fsp3) is 0.600. The second kappa shape index (κ2) is 6.36. The molecule has 0 saturated heterocycles. The molecule has 17 heavy (non-hydrogen) atoms. The van der Waals surface area contributed by atoms with Crippen LogP contribution in [0.1, 0.15) is 40.2 Å². The number of rotatable bonds is 5. The van der Waals surface area contributed by atoms with E-state index >= 15 is 0 Å². The first-order valence-corrected chi connectivity index (χ1v) is 8.45. The normalized spacial score (nSPS) is 14.0. The van der Waals surface area contributed by atoms with Crippen LogP contribution < -0.4 is 0 Å². The highest BCUT2D eigenvalue weighted by atomic mass is 28.3. The third-order valence-corrected chi connectivity index (χ3v) is 6.56. The van der Waals surface area contributed by atoms with Gasteiger partial charge in [-0.15, -0.1) is 0 Å². The molecule has 0 aliphatic carbocycles. The second-order valence-electron chi connectivity index (χ2n) is 6.06. The SMILES string of the molecule is CC(C)O[SiH](CCc1ccccc1)C(C)(C)C. The van der Waals surface area contributed by atoms with Gasteiger partial charge < -0.3 is 4.43 Å². The molecule has 0 aliphatic heterocycles. The molecule has 0 aromatic heterocycles. The molecule has 1 aromatic rings. The lowest BCUT2D eigenvalue weighted by atomic mass is 10.2. The summed E-state index contributed by atoms with van der Waals surface area (Å²) < 4.78 is 6.18. The van der Waals surface area contributed by atoms with Crippen LogP contribution >= 0.6 is 0 Å². The lowest BCUT2D eigenvalue weighted by Crippen LogP contribution is -2.32. The highest BCUT2D eigenvalue weighted by molar-refractivity contribution is 6.55. The fourth-order valence-corrected chi connectivity index (χ4v) is 4.64. The molecule has 0 heterocycles. The van der Waals surface area contributed by atoms with Gasteiger partial charge in [-0.25, -0.2) is 0 Å². The summed E-state index contributed by atoms with van der Waals surface area (Å²) in [4.78, 5) is 0. The van der Waals surface area contributed by atoms with Crippen LogP contribution in [0.4, 0.5) is 0 Å². The maximum atomic E-state index is 6.18. The van der Waals surface area contributed by atoms with Crippen LogP contribution in [0.3, 0.4) is 0 Å². The van der Waals surface area contributed by atoms with Gasteiger partial charge in [0, 0.05) is 6.10 Å². The third-order valence-electron chi connectivity index (χ3n) is 2.94. The van der Waals surface area contributed by atoms with Crippen LogP contribution in [0.15, 0.2) is 30.3 Å². The molecule has 1 atom stereocenters. The van der Waals surface area contributed by atoms with Gasteiger partial charge in [0.05, 0.1) is 0 Å². The highest BCUT2D eigenvalue weighted by Crippen LogP contribution is 2.31. The Hall–Kier alpha value is -0.603. The molecule has 0 spiro atoms. The Morgan fingerprint density at radius 1 is 1.12 bits per heavy atom. The van der Waals surface area contributed by atoms with Crippen LogP contribution in [0, 0.1) is 0 Å². The van der Waals surface area contributed by atoms with E-state index in [1.165, 1.54) is 11.6 Å². The molecule has 0 radical (unpaired) electrons. The minimum atomic E-state index is -1.15. The van der Waals surface area contributed by atoms with Gasteiger partial charge in [-0.3, -0.25) is 0 Å². The van der Waals surface area contributed by atoms with E-state index in [0.29, 0.717) is 11.1 Å². The van der Waals surface area contributed by atoms with Crippen molar-refractivity contribution in [2.24, 2.45) is 0 Å². The Morgan fingerprint density at radius 2 is 1.71 bits per heavy atom. The molecule has 1 unspecified atom stereocenters. The maximum absolute atomic E-state index is 6.18. The molecule has 0 bridgehead atoms. The molecule has 1 aromatic carbocycles. The van der Waals surface area contributed by atoms with Gasteiger partial charge in [0.15, 0.2) is 9.04 Å². The van der Waals surface area contributed by atoms with Crippen molar-refractivity contribution in [2.45, 2.75) is 58.2 Å². The largest absolute Gasteiger partial charge is 0.417 e. The van der Waals surface area contributed by atoms with Crippen molar-refractivity contribution in [3.63, 3.8) is 0 Å². The first kappa shape index (κ1) is 14.5. The number of aryl methyl sites for hydroxylation is 1. The van der Waals surface area contributed by atoms with E-state index in [0.717, 1.165) is 6.42 Å². The zero-order valence-corrected chi connectivity index (χ0v) is 13.0. The predicted molar refractivity (Wildman–Crippen MR) is 78.0 cm³/mol. The van der Waals surface area contributed by atoms with Gasteiger partial charge in [-0.2, -0.15) is 0 Å². The van der Waals surface area contributed by atoms with Crippen molar-refractivity contribution in [2.75, 3.05) is 0 Å².